The van der Waals surface area contributed by atoms with Crippen molar-refractivity contribution in [3.05, 3.63) is 138 Å². The second-order valence-corrected chi connectivity index (χ2v) is 16.9. The van der Waals surface area contributed by atoms with Crippen LogP contribution in [0.5, 0.6) is 0 Å². The van der Waals surface area contributed by atoms with Crippen molar-refractivity contribution in [3.63, 3.8) is 0 Å². The Morgan fingerprint density at radius 3 is 1.62 bits per heavy atom. The molecule has 236 valence electrons. The summed E-state index contributed by atoms with van der Waals surface area (Å²) in [6, 6.07) is 45.2. The average molecular weight is 622 g/mol. The van der Waals surface area contributed by atoms with Crippen LogP contribution < -0.4 is 4.90 Å². The minimum atomic E-state index is 0.210. The molecule has 6 bridgehead atoms. The summed E-state index contributed by atoms with van der Waals surface area (Å²) in [7, 11) is 0. The van der Waals surface area contributed by atoms with Crippen LogP contribution in [-0.4, -0.2) is 0 Å². The van der Waals surface area contributed by atoms with E-state index in [1.165, 1.54) is 97.1 Å². The molecule has 5 aromatic rings. The molecule has 8 aliphatic rings. The zero-order chi connectivity index (χ0) is 31.2. The summed E-state index contributed by atoms with van der Waals surface area (Å²) in [5, 5.41) is 0. The third-order valence-electron chi connectivity index (χ3n) is 15.1. The van der Waals surface area contributed by atoms with Gasteiger partial charge in [-0.1, -0.05) is 85.3 Å². The van der Waals surface area contributed by atoms with Gasteiger partial charge in [-0.3, -0.25) is 0 Å². The fourth-order valence-corrected chi connectivity index (χ4v) is 13.8. The maximum Gasteiger partial charge on any atom is 0.0468 e. The van der Waals surface area contributed by atoms with Crippen molar-refractivity contribution in [2.45, 2.75) is 68.6 Å². The van der Waals surface area contributed by atoms with Gasteiger partial charge in [0.25, 0.3) is 0 Å². The lowest BCUT2D eigenvalue weighted by Gasteiger charge is -2.61. The number of benzene rings is 5. The third-order valence-corrected chi connectivity index (χ3v) is 15.1. The van der Waals surface area contributed by atoms with Crippen molar-refractivity contribution in [1.29, 1.82) is 0 Å². The number of anilines is 3. The van der Waals surface area contributed by atoms with Crippen LogP contribution in [0.2, 0.25) is 0 Å². The van der Waals surface area contributed by atoms with Gasteiger partial charge in [0.2, 0.25) is 0 Å². The van der Waals surface area contributed by atoms with E-state index in [9.17, 15) is 0 Å². The molecule has 3 unspecified atom stereocenters. The molecule has 13 rings (SSSR count). The Bertz CT molecular complexity index is 2110. The van der Waals surface area contributed by atoms with Gasteiger partial charge in [-0.05, 0) is 168 Å². The van der Waals surface area contributed by atoms with Crippen LogP contribution in [0.25, 0.3) is 22.3 Å². The SMILES string of the molecule is c1ccc(N(c2ccc3c(c2)-c2ccccc2C32CC3CCC2C3)c2ccc3c(c2)-c2ccccc2C32C3CC4CC(C3)CC2C4)cc1. The molecule has 0 aromatic heterocycles. The van der Waals surface area contributed by atoms with Crippen LogP contribution in [0.3, 0.4) is 0 Å². The molecule has 48 heavy (non-hydrogen) atoms. The first-order valence-electron chi connectivity index (χ1n) is 19.1. The Labute approximate surface area is 285 Å². The lowest BCUT2D eigenvalue weighted by Crippen LogP contribution is -2.55. The summed E-state index contributed by atoms with van der Waals surface area (Å²) >= 11 is 0. The van der Waals surface area contributed by atoms with Crippen LogP contribution in [0, 0.1) is 35.5 Å². The highest BCUT2D eigenvalue weighted by Crippen LogP contribution is 2.70. The Kier molecular flexibility index (Phi) is 5.20. The minimum absolute atomic E-state index is 0.210. The molecular weight excluding hydrogens is 579 g/mol. The van der Waals surface area contributed by atoms with Crippen LogP contribution in [-0.2, 0) is 10.8 Å². The predicted octanol–water partition coefficient (Wildman–Crippen LogP) is 12.0. The van der Waals surface area contributed by atoms with Gasteiger partial charge in [0.15, 0.2) is 0 Å². The first kappa shape index (κ1) is 26.8. The molecule has 8 aliphatic carbocycles. The van der Waals surface area contributed by atoms with Crippen molar-refractivity contribution in [1.82, 2.24) is 0 Å². The van der Waals surface area contributed by atoms with Gasteiger partial charge in [0.05, 0.1) is 0 Å². The van der Waals surface area contributed by atoms with Gasteiger partial charge in [-0.2, -0.15) is 0 Å². The number of para-hydroxylation sites is 1. The van der Waals surface area contributed by atoms with Gasteiger partial charge in [0, 0.05) is 27.9 Å². The zero-order valence-corrected chi connectivity index (χ0v) is 27.7. The van der Waals surface area contributed by atoms with Crippen molar-refractivity contribution in [2.75, 3.05) is 4.90 Å². The molecule has 0 N–H and O–H groups in total. The standard InChI is InChI=1S/C47H43N/c1-2-8-35(9-3-1)48(36-16-18-43-40(26-36)38-10-4-6-12-42(38)46(43)28-29-14-15-32(46)21-29)37-17-19-45-41(27-37)39-11-5-7-13-44(39)47(45)33-22-30-20-31(24-33)25-34(47)23-30/h1-13,16-19,26-27,29-34H,14-15,20-25,28H2. The Morgan fingerprint density at radius 2 is 0.958 bits per heavy atom. The van der Waals surface area contributed by atoms with Crippen LogP contribution >= 0.6 is 0 Å². The second-order valence-electron chi connectivity index (χ2n) is 16.9. The third kappa shape index (κ3) is 3.20. The van der Waals surface area contributed by atoms with E-state index in [0.29, 0.717) is 0 Å². The first-order valence-corrected chi connectivity index (χ1v) is 19.1. The van der Waals surface area contributed by atoms with E-state index in [4.69, 9.17) is 0 Å². The molecule has 0 heterocycles. The molecule has 1 heteroatoms. The Morgan fingerprint density at radius 1 is 0.417 bits per heavy atom. The number of nitrogens with zero attached hydrogens (tertiary/aromatic N) is 1. The van der Waals surface area contributed by atoms with E-state index in [0.717, 1.165) is 35.5 Å². The normalized spacial score (nSPS) is 33.7. The maximum atomic E-state index is 2.58. The lowest BCUT2D eigenvalue weighted by molar-refractivity contribution is -0.0399. The van der Waals surface area contributed by atoms with Crippen LogP contribution in [0.15, 0.2) is 115 Å². The van der Waals surface area contributed by atoms with E-state index in [1.807, 2.05) is 0 Å². The molecule has 6 saturated carbocycles. The second kappa shape index (κ2) is 9.32. The summed E-state index contributed by atoms with van der Waals surface area (Å²) < 4.78 is 0. The highest BCUT2D eigenvalue weighted by atomic mass is 15.1. The number of rotatable bonds is 3. The van der Waals surface area contributed by atoms with E-state index >= 15 is 0 Å². The van der Waals surface area contributed by atoms with Gasteiger partial charge < -0.3 is 4.90 Å². The number of hydrogen-bond donors (Lipinski definition) is 0. The fourth-order valence-electron chi connectivity index (χ4n) is 13.8. The summed E-state index contributed by atoms with van der Waals surface area (Å²) in [6.07, 6.45) is 12.8. The maximum absolute atomic E-state index is 2.58. The molecule has 1 nitrogen and oxygen atoms in total. The summed E-state index contributed by atoms with van der Waals surface area (Å²) in [6.45, 7) is 0. The van der Waals surface area contributed by atoms with Gasteiger partial charge in [-0.25, -0.2) is 0 Å². The van der Waals surface area contributed by atoms with E-state index in [1.54, 1.807) is 22.3 Å². The molecule has 5 aromatic carbocycles. The monoisotopic (exact) mass is 621 g/mol. The van der Waals surface area contributed by atoms with Gasteiger partial charge in [-0.15, -0.1) is 0 Å². The lowest BCUT2D eigenvalue weighted by atomic mass is 9.43. The largest absolute Gasteiger partial charge is 0.310 e. The highest BCUT2D eigenvalue weighted by Gasteiger charge is 2.61. The zero-order valence-electron chi connectivity index (χ0n) is 27.7. The molecular formula is C47H43N. The Balaban J connectivity index is 1.04. The van der Waals surface area contributed by atoms with Crippen molar-refractivity contribution < 1.29 is 0 Å². The van der Waals surface area contributed by atoms with E-state index in [-0.39, 0.29) is 10.8 Å². The highest BCUT2D eigenvalue weighted by molar-refractivity contribution is 5.90. The van der Waals surface area contributed by atoms with Crippen LogP contribution in [0.1, 0.15) is 80.0 Å². The van der Waals surface area contributed by atoms with Crippen LogP contribution in [0.4, 0.5) is 17.1 Å². The summed E-state index contributed by atoms with van der Waals surface area (Å²) in [5.74, 6) is 5.19. The van der Waals surface area contributed by atoms with E-state index < -0.39 is 0 Å². The Hall–Kier alpha value is -4.10. The summed E-state index contributed by atoms with van der Waals surface area (Å²) in [4.78, 5) is 2.54. The van der Waals surface area contributed by atoms with Gasteiger partial charge >= 0.3 is 0 Å². The average Bonchev–Trinajstić information content (AvgIpc) is 3.88. The smallest absolute Gasteiger partial charge is 0.0468 e. The summed E-state index contributed by atoms with van der Waals surface area (Å²) in [5.41, 5.74) is 16.6. The van der Waals surface area contributed by atoms with Crippen molar-refractivity contribution in [2.24, 2.45) is 35.5 Å². The van der Waals surface area contributed by atoms with Crippen molar-refractivity contribution in [3.8, 4) is 22.3 Å². The molecule has 0 aliphatic heterocycles. The predicted molar refractivity (Wildman–Crippen MR) is 196 cm³/mol. The minimum Gasteiger partial charge on any atom is -0.310 e. The molecule has 3 atom stereocenters. The molecule has 2 spiro atoms. The number of fused-ring (bicyclic) bond motifs is 11. The fraction of sp³-hybridized carbons (Fsp3) is 0.362. The first-order chi connectivity index (χ1) is 23.7. The molecule has 0 radical (unpaired) electrons. The molecule has 0 saturated heterocycles. The molecule has 6 fully saturated rings. The topological polar surface area (TPSA) is 3.24 Å². The van der Waals surface area contributed by atoms with E-state index in [2.05, 4.69) is 120 Å². The van der Waals surface area contributed by atoms with Crippen molar-refractivity contribution >= 4 is 17.1 Å². The quantitative estimate of drug-likeness (QED) is 0.194. The molecule has 0 amide bonds. The van der Waals surface area contributed by atoms with Gasteiger partial charge in [0.1, 0.15) is 0 Å². The number of hydrogen-bond acceptors (Lipinski definition) is 1.